The van der Waals surface area contributed by atoms with Crippen molar-refractivity contribution in [3.05, 3.63) is 59.1 Å². The zero-order valence-corrected chi connectivity index (χ0v) is 19.5. The number of hydrogen-bond acceptors (Lipinski definition) is 6. The highest BCUT2D eigenvalue weighted by Gasteiger charge is 2.28. The van der Waals surface area contributed by atoms with Crippen molar-refractivity contribution in [2.45, 2.75) is 44.8 Å². The lowest BCUT2D eigenvalue weighted by Crippen LogP contribution is -2.39. The smallest absolute Gasteiger partial charge is 0.216 e. The van der Waals surface area contributed by atoms with Crippen LogP contribution in [0.15, 0.2) is 30.7 Å². The maximum Gasteiger partial charge on any atom is 0.216 e. The van der Waals surface area contributed by atoms with Crippen LogP contribution in [0.1, 0.15) is 42.8 Å². The van der Waals surface area contributed by atoms with E-state index in [1.807, 2.05) is 10.5 Å². The van der Waals surface area contributed by atoms with Crippen LogP contribution in [0, 0.1) is 5.82 Å². The van der Waals surface area contributed by atoms with Crippen LogP contribution in [0.5, 0.6) is 5.75 Å². The third kappa shape index (κ3) is 3.91. The van der Waals surface area contributed by atoms with Crippen molar-refractivity contribution in [3.63, 3.8) is 0 Å². The molecule has 4 heterocycles. The first-order valence-electron chi connectivity index (χ1n) is 11.2. The number of sulfonamides is 1. The van der Waals surface area contributed by atoms with Gasteiger partial charge in [0, 0.05) is 43.3 Å². The fourth-order valence-electron chi connectivity index (χ4n) is 4.52. The summed E-state index contributed by atoms with van der Waals surface area (Å²) in [6.07, 6.45) is 7.65. The Morgan fingerprint density at radius 3 is 2.82 bits per heavy atom. The molecule has 8 nitrogen and oxygen atoms in total. The van der Waals surface area contributed by atoms with Gasteiger partial charge in [0.05, 0.1) is 11.9 Å². The zero-order valence-electron chi connectivity index (χ0n) is 18.7. The van der Waals surface area contributed by atoms with Gasteiger partial charge in [0.2, 0.25) is 10.0 Å². The van der Waals surface area contributed by atoms with E-state index in [-0.39, 0.29) is 5.82 Å². The average molecular weight is 472 g/mol. The number of hydrogen-bond donors (Lipinski definition) is 0. The number of ether oxygens (including phenoxy) is 1. The molecule has 0 amide bonds. The molecule has 2 aliphatic heterocycles. The number of rotatable bonds is 6. The summed E-state index contributed by atoms with van der Waals surface area (Å²) in [5, 5.41) is 7.91. The van der Waals surface area contributed by atoms with E-state index >= 15 is 0 Å². The first-order chi connectivity index (χ1) is 15.9. The van der Waals surface area contributed by atoms with Crippen molar-refractivity contribution in [1.29, 1.82) is 0 Å². The van der Waals surface area contributed by atoms with E-state index in [1.165, 1.54) is 10.4 Å². The van der Waals surface area contributed by atoms with Crippen molar-refractivity contribution < 1.29 is 17.5 Å². The topological polar surface area (TPSA) is 89.7 Å². The molecule has 5 rings (SSSR count). The summed E-state index contributed by atoms with van der Waals surface area (Å²) in [4.78, 5) is 4.65. The van der Waals surface area contributed by atoms with Crippen molar-refractivity contribution >= 4 is 21.2 Å². The molecule has 3 aromatic rings. The van der Waals surface area contributed by atoms with E-state index in [4.69, 9.17) is 4.74 Å². The first kappa shape index (κ1) is 22.0. The van der Waals surface area contributed by atoms with Gasteiger partial charge in [-0.3, -0.25) is 4.40 Å². The predicted octanol–water partition coefficient (Wildman–Crippen LogP) is 2.81. The lowest BCUT2D eigenvalue weighted by atomic mass is 9.99. The molecule has 33 heavy (non-hydrogen) atoms. The molecule has 0 saturated heterocycles. The van der Waals surface area contributed by atoms with Gasteiger partial charge in [0.1, 0.15) is 23.7 Å². The molecule has 0 unspecified atom stereocenters. The van der Waals surface area contributed by atoms with Crippen molar-refractivity contribution in [2.24, 2.45) is 0 Å². The Kier molecular flexibility index (Phi) is 5.65. The Bertz CT molecular complexity index is 1350. The van der Waals surface area contributed by atoms with Gasteiger partial charge in [-0.2, -0.15) is 4.31 Å². The Labute approximate surface area is 192 Å². The van der Waals surface area contributed by atoms with E-state index in [2.05, 4.69) is 15.2 Å². The standard InChI is InChI=1S/C23H26FN5O3S/c1-15(2)33(30,31)28-10-7-16(8-11-28)19-13-25-22(29-14-26-27-23(19)29)6-3-17-18-9-12-32-21(18)5-4-20(17)24/h4-5,7,13-15H,3,6,8-12H2,1-2H3. The molecule has 10 heteroatoms. The molecule has 174 valence electrons. The zero-order chi connectivity index (χ0) is 23.2. The SMILES string of the molecule is CC(C)S(=O)(=O)N1CC=C(c2cnc(CCc3c(F)ccc4c3CCO4)n3cnnc23)CC1. The molecule has 0 N–H and O–H groups in total. The molecule has 2 aromatic heterocycles. The second-order valence-corrected chi connectivity index (χ2v) is 11.1. The normalized spacial score (nSPS) is 16.8. The third-order valence-electron chi connectivity index (χ3n) is 6.42. The molecule has 0 spiro atoms. The monoisotopic (exact) mass is 471 g/mol. The molecular formula is C23H26FN5O3S. The summed E-state index contributed by atoms with van der Waals surface area (Å²) in [5.74, 6) is 1.29. The molecule has 0 fully saturated rings. The molecule has 0 saturated carbocycles. The molecule has 0 bridgehead atoms. The summed E-state index contributed by atoms with van der Waals surface area (Å²) < 4.78 is 48.3. The summed E-state index contributed by atoms with van der Waals surface area (Å²) in [6.45, 7) is 4.73. The molecule has 1 aromatic carbocycles. The van der Waals surface area contributed by atoms with Crippen molar-refractivity contribution in [1.82, 2.24) is 23.9 Å². The molecular weight excluding hydrogens is 445 g/mol. The average Bonchev–Trinajstić information content (AvgIpc) is 3.48. The van der Waals surface area contributed by atoms with Gasteiger partial charge >= 0.3 is 0 Å². The fraction of sp³-hybridized carbons (Fsp3) is 0.435. The number of halogens is 1. The largest absolute Gasteiger partial charge is 0.493 e. The highest BCUT2D eigenvalue weighted by molar-refractivity contribution is 7.89. The van der Waals surface area contributed by atoms with Crippen LogP contribution < -0.4 is 4.74 Å². The Hall–Kier alpha value is -2.85. The molecule has 0 radical (unpaired) electrons. The van der Waals surface area contributed by atoms with Gasteiger partial charge in [-0.1, -0.05) is 6.08 Å². The van der Waals surface area contributed by atoms with Crippen LogP contribution in [0.2, 0.25) is 0 Å². The van der Waals surface area contributed by atoms with Gasteiger partial charge in [-0.25, -0.2) is 17.8 Å². The van der Waals surface area contributed by atoms with Crippen LogP contribution in [0.3, 0.4) is 0 Å². The Balaban J connectivity index is 1.39. The van der Waals surface area contributed by atoms with Crippen LogP contribution in [-0.2, 0) is 29.3 Å². The highest BCUT2D eigenvalue weighted by atomic mass is 32.2. The summed E-state index contributed by atoms with van der Waals surface area (Å²) >= 11 is 0. The van der Waals surface area contributed by atoms with Crippen LogP contribution in [0.4, 0.5) is 4.39 Å². The Morgan fingerprint density at radius 1 is 1.21 bits per heavy atom. The van der Waals surface area contributed by atoms with E-state index < -0.39 is 15.3 Å². The lowest BCUT2D eigenvalue weighted by molar-refractivity contribution is 0.356. The van der Waals surface area contributed by atoms with Gasteiger partial charge in [0.25, 0.3) is 0 Å². The van der Waals surface area contributed by atoms with Crippen molar-refractivity contribution in [3.8, 4) is 5.75 Å². The number of aromatic nitrogens is 4. The fourth-order valence-corrected chi connectivity index (χ4v) is 5.75. The van der Waals surface area contributed by atoms with Gasteiger partial charge < -0.3 is 4.74 Å². The summed E-state index contributed by atoms with van der Waals surface area (Å²) in [7, 11) is -3.29. The van der Waals surface area contributed by atoms with E-state index in [0.29, 0.717) is 56.6 Å². The Morgan fingerprint density at radius 2 is 2.06 bits per heavy atom. The van der Waals surface area contributed by atoms with Crippen LogP contribution >= 0.6 is 0 Å². The van der Waals surface area contributed by atoms with E-state index in [9.17, 15) is 12.8 Å². The minimum atomic E-state index is -3.29. The lowest BCUT2D eigenvalue weighted by Gasteiger charge is -2.27. The van der Waals surface area contributed by atoms with E-state index in [1.54, 1.807) is 32.4 Å². The van der Waals surface area contributed by atoms with Gasteiger partial charge in [-0.15, -0.1) is 10.2 Å². The maximum atomic E-state index is 14.5. The summed E-state index contributed by atoms with van der Waals surface area (Å²) in [5.41, 5.74) is 4.15. The van der Waals surface area contributed by atoms with E-state index in [0.717, 1.165) is 28.3 Å². The number of aryl methyl sites for hydroxylation is 1. The third-order valence-corrected chi connectivity index (χ3v) is 8.66. The predicted molar refractivity (Wildman–Crippen MR) is 122 cm³/mol. The van der Waals surface area contributed by atoms with Crippen molar-refractivity contribution in [2.75, 3.05) is 19.7 Å². The second kappa shape index (κ2) is 8.49. The van der Waals surface area contributed by atoms with Crippen LogP contribution in [0.25, 0.3) is 11.2 Å². The number of benzene rings is 1. The minimum absolute atomic E-state index is 0.218. The molecule has 0 atom stereocenters. The first-order valence-corrected chi connectivity index (χ1v) is 12.7. The quantitative estimate of drug-likeness (QED) is 0.549. The number of fused-ring (bicyclic) bond motifs is 2. The number of nitrogens with zero attached hydrogens (tertiary/aromatic N) is 5. The minimum Gasteiger partial charge on any atom is -0.493 e. The highest BCUT2D eigenvalue weighted by Crippen LogP contribution is 2.31. The summed E-state index contributed by atoms with van der Waals surface area (Å²) in [6, 6.07) is 3.15. The van der Waals surface area contributed by atoms with Crippen LogP contribution in [-0.4, -0.2) is 57.3 Å². The maximum absolute atomic E-state index is 14.5. The van der Waals surface area contributed by atoms with Gasteiger partial charge in [0.15, 0.2) is 5.65 Å². The molecule has 2 aliphatic rings. The second-order valence-electron chi connectivity index (χ2n) is 8.64. The van der Waals surface area contributed by atoms with Gasteiger partial charge in [-0.05, 0) is 50.0 Å². The molecule has 0 aliphatic carbocycles.